The first-order valence-corrected chi connectivity index (χ1v) is 6.15. The van der Waals surface area contributed by atoms with Crippen LogP contribution in [-0.4, -0.2) is 18.4 Å². The Labute approximate surface area is 123 Å². The summed E-state index contributed by atoms with van der Waals surface area (Å²) in [5.41, 5.74) is 0.0666. The zero-order valence-electron chi connectivity index (χ0n) is 11.4. The average molecular weight is 312 g/mol. The number of hydrogen-bond acceptors (Lipinski definition) is 3. The molecule has 0 saturated heterocycles. The fraction of sp³-hybridized carbons (Fsp3) is 0.143. The van der Waals surface area contributed by atoms with E-state index in [-0.39, 0.29) is 5.76 Å². The Kier molecular flexibility index (Phi) is 4.50. The molecule has 2 N–H and O–H groups in total. The number of aryl methyl sites for hydroxylation is 1. The molecule has 1 aromatic carbocycles. The number of halogens is 3. The summed E-state index contributed by atoms with van der Waals surface area (Å²) in [6.45, 7) is 1.16. The van der Waals surface area contributed by atoms with E-state index in [1.54, 1.807) is 13.0 Å². The number of benzene rings is 1. The highest BCUT2D eigenvalue weighted by Gasteiger charge is 2.17. The van der Waals surface area contributed by atoms with Crippen LogP contribution in [0.2, 0.25) is 0 Å². The lowest BCUT2D eigenvalue weighted by atomic mass is 10.2. The molecule has 0 radical (unpaired) electrons. The molecule has 22 heavy (non-hydrogen) atoms. The van der Waals surface area contributed by atoms with Gasteiger partial charge in [-0.15, -0.1) is 0 Å². The fourth-order valence-corrected chi connectivity index (χ4v) is 1.66. The largest absolute Gasteiger partial charge is 0.459 e. The molecule has 0 aliphatic heterocycles. The summed E-state index contributed by atoms with van der Waals surface area (Å²) >= 11 is 0. The summed E-state index contributed by atoms with van der Waals surface area (Å²) in [6.07, 6.45) is 1.32. The lowest BCUT2D eigenvalue weighted by Crippen LogP contribution is -2.33. The van der Waals surface area contributed by atoms with E-state index in [1.165, 1.54) is 6.26 Å². The van der Waals surface area contributed by atoms with Crippen LogP contribution in [0.5, 0.6) is 0 Å². The number of hydrogen-bond donors (Lipinski definition) is 2. The van der Waals surface area contributed by atoms with E-state index in [0.29, 0.717) is 11.6 Å². The molecule has 0 bridgehead atoms. The lowest BCUT2D eigenvalue weighted by Gasteiger charge is -2.08. The number of carbonyl (C=O) groups is 2. The van der Waals surface area contributed by atoms with E-state index < -0.39 is 41.5 Å². The van der Waals surface area contributed by atoms with Crippen LogP contribution in [0.4, 0.5) is 18.9 Å². The topological polar surface area (TPSA) is 71.3 Å². The van der Waals surface area contributed by atoms with Gasteiger partial charge in [0.1, 0.15) is 0 Å². The second-order valence-electron chi connectivity index (χ2n) is 4.39. The number of furan rings is 1. The maximum Gasteiger partial charge on any atom is 0.287 e. The number of nitrogens with one attached hydrogen (secondary N) is 2. The third-order valence-electron chi connectivity index (χ3n) is 2.79. The molecule has 2 aromatic rings. The van der Waals surface area contributed by atoms with E-state index in [9.17, 15) is 22.8 Å². The van der Waals surface area contributed by atoms with Crippen molar-refractivity contribution in [2.24, 2.45) is 0 Å². The summed E-state index contributed by atoms with van der Waals surface area (Å²) in [6, 6.07) is 3.13. The standard InChI is InChI=1S/C14H11F3N2O3/c1-7-4-5-22-13(7)14(21)18-6-10(20)19-9-3-2-8(15)11(16)12(9)17/h2-5H,6H2,1H3,(H,18,21)(H,19,20). The van der Waals surface area contributed by atoms with Gasteiger partial charge in [-0.3, -0.25) is 9.59 Å². The van der Waals surface area contributed by atoms with Gasteiger partial charge in [0.25, 0.3) is 5.91 Å². The molecule has 2 rings (SSSR count). The molecule has 1 aromatic heterocycles. The molecular weight excluding hydrogens is 301 g/mol. The maximum atomic E-state index is 13.4. The van der Waals surface area contributed by atoms with Gasteiger partial charge in [-0.2, -0.15) is 0 Å². The molecule has 0 saturated carbocycles. The van der Waals surface area contributed by atoms with Crippen molar-refractivity contribution in [1.82, 2.24) is 5.32 Å². The van der Waals surface area contributed by atoms with Crippen molar-refractivity contribution in [3.05, 3.63) is 53.2 Å². The number of anilines is 1. The predicted octanol–water partition coefficient (Wildman–Crippen LogP) is 2.37. The molecule has 0 aliphatic rings. The summed E-state index contributed by atoms with van der Waals surface area (Å²) in [7, 11) is 0. The molecule has 0 spiro atoms. The van der Waals surface area contributed by atoms with Crippen molar-refractivity contribution in [2.75, 3.05) is 11.9 Å². The third-order valence-corrected chi connectivity index (χ3v) is 2.79. The molecule has 0 unspecified atom stereocenters. The minimum Gasteiger partial charge on any atom is -0.459 e. The summed E-state index contributed by atoms with van der Waals surface area (Å²) in [5.74, 6) is -5.94. The Morgan fingerprint density at radius 1 is 1.14 bits per heavy atom. The van der Waals surface area contributed by atoms with Crippen LogP contribution in [0.15, 0.2) is 28.9 Å². The fourth-order valence-electron chi connectivity index (χ4n) is 1.66. The Balaban J connectivity index is 1.95. The van der Waals surface area contributed by atoms with Crippen LogP contribution in [0.1, 0.15) is 16.1 Å². The average Bonchev–Trinajstić information content (AvgIpc) is 2.91. The minimum atomic E-state index is -1.69. The van der Waals surface area contributed by atoms with Gasteiger partial charge in [0.15, 0.2) is 23.2 Å². The number of rotatable bonds is 4. The number of amides is 2. The van der Waals surface area contributed by atoms with Gasteiger partial charge in [-0.05, 0) is 25.1 Å². The summed E-state index contributed by atoms with van der Waals surface area (Å²) in [5, 5.41) is 4.28. The highest BCUT2D eigenvalue weighted by Crippen LogP contribution is 2.19. The normalized spacial score (nSPS) is 10.4. The molecule has 1 heterocycles. The molecular formula is C14H11F3N2O3. The van der Waals surface area contributed by atoms with Gasteiger partial charge in [0.2, 0.25) is 5.91 Å². The van der Waals surface area contributed by atoms with Crippen molar-refractivity contribution in [3.8, 4) is 0 Å². The van der Waals surface area contributed by atoms with Gasteiger partial charge in [0, 0.05) is 5.56 Å². The van der Waals surface area contributed by atoms with Gasteiger partial charge >= 0.3 is 0 Å². The van der Waals surface area contributed by atoms with Crippen LogP contribution in [0.25, 0.3) is 0 Å². The first kappa shape index (κ1) is 15.6. The zero-order valence-corrected chi connectivity index (χ0v) is 11.4. The van der Waals surface area contributed by atoms with Crippen LogP contribution in [-0.2, 0) is 4.79 Å². The summed E-state index contributed by atoms with van der Waals surface area (Å²) in [4.78, 5) is 23.3. The quantitative estimate of drug-likeness (QED) is 0.852. The predicted molar refractivity (Wildman–Crippen MR) is 70.7 cm³/mol. The van der Waals surface area contributed by atoms with E-state index in [2.05, 4.69) is 5.32 Å². The first-order valence-electron chi connectivity index (χ1n) is 6.15. The van der Waals surface area contributed by atoms with Gasteiger partial charge in [-0.1, -0.05) is 0 Å². The molecule has 0 atom stereocenters. The van der Waals surface area contributed by atoms with Crippen LogP contribution >= 0.6 is 0 Å². The lowest BCUT2D eigenvalue weighted by molar-refractivity contribution is -0.115. The van der Waals surface area contributed by atoms with Crippen molar-refractivity contribution in [3.63, 3.8) is 0 Å². The van der Waals surface area contributed by atoms with Crippen molar-refractivity contribution >= 4 is 17.5 Å². The second kappa shape index (κ2) is 6.33. The van der Waals surface area contributed by atoms with E-state index in [1.807, 2.05) is 5.32 Å². The zero-order chi connectivity index (χ0) is 16.3. The van der Waals surface area contributed by atoms with E-state index in [0.717, 1.165) is 6.07 Å². The van der Waals surface area contributed by atoms with E-state index in [4.69, 9.17) is 4.42 Å². The van der Waals surface area contributed by atoms with Crippen molar-refractivity contribution < 1.29 is 27.2 Å². The Hall–Kier alpha value is -2.77. The van der Waals surface area contributed by atoms with E-state index >= 15 is 0 Å². The third kappa shape index (κ3) is 3.27. The van der Waals surface area contributed by atoms with Gasteiger partial charge < -0.3 is 15.1 Å². The smallest absolute Gasteiger partial charge is 0.287 e. The molecule has 0 fully saturated rings. The Morgan fingerprint density at radius 2 is 1.86 bits per heavy atom. The Morgan fingerprint density at radius 3 is 2.50 bits per heavy atom. The van der Waals surface area contributed by atoms with Crippen LogP contribution < -0.4 is 10.6 Å². The highest BCUT2D eigenvalue weighted by atomic mass is 19.2. The van der Waals surface area contributed by atoms with Gasteiger partial charge in [-0.25, -0.2) is 13.2 Å². The number of carbonyl (C=O) groups excluding carboxylic acids is 2. The highest BCUT2D eigenvalue weighted by molar-refractivity contribution is 5.98. The van der Waals surface area contributed by atoms with Crippen molar-refractivity contribution in [2.45, 2.75) is 6.92 Å². The van der Waals surface area contributed by atoms with Gasteiger partial charge in [0.05, 0.1) is 18.5 Å². The Bertz CT molecular complexity index is 728. The van der Waals surface area contributed by atoms with Crippen molar-refractivity contribution in [1.29, 1.82) is 0 Å². The monoisotopic (exact) mass is 312 g/mol. The summed E-state index contributed by atoms with van der Waals surface area (Å²) < 4.78 is 44.0. The molecule has 5 nitrogen and oxygen atoms in total. The molecule has 116 valence electrons. The molecule has 0 aliphatic carbocycles. The molecule has 2 amide bonds. The first-order chi connectivity index (χ1) is 10.4. The van der Waals surface area contributed by atoms with Crippen LogP contribution in [0.3, 0.4) is 0 Å². The van der Waals surface area contributed by atoms with Crippen LogP contribution in [0, 0.1) is 24.4 Å². The molecule has 8 heteroatoms. The minimum absolute atomic E-state index is 0.0480. The SMILES string of the molecule is Cc1ccoc1C(=O)NCC(=O)Nc1ccc(F)c(F)c1F. The second-order valence-corrected chi connectivity index (χ2v) is 4.39. The maximum absolute atomic E-state index is 13.4.